The minimum absolute atomic E-state index is 0.0705. The standard InChI is InChI=1S/C19H19Cl2NO5S/c1-11-7-16(12(2)22(11)14-5-6-28(25,26)10-14)18(23)9-27-19(24)15-4-3-13(20)8-17(15)21/h3-4,7-8,14H,5-6,9-10H2,1-2H3. The van der Waals surface area contributed by atoms with Crippen LogP contribution in [0.4, 0.5) is 0 Å². The van der Waals surface area contributed by atoms with E-state index in [-0.39, 0.29) is 33.9 Å². The predicted octanol–water partition coefficient (Wildman–Crippen LogP) is 3.81. The predicted molar refractivity (Wildman–Crippen MR) is 107 cm³/mol. The highest BCUT2D eigenvalue weighted by molar-refractivity contribution is 7.91. The van der Waals surface area contributed by atoms with Gasteiger partial charge in [0.25, 0.3) is 0 Å². The Morgan fingerprint density at radius 2 is 1.89 bits per heavy atom. The van der Waals surface area contributed by atoms with Crippen LogP contribution in [0.15, 0.2) is 24.3 Å². The molecule has 0 aliphatic carbocycles. The van der Waals surface area contributed by atoms with Gasteiger partial charge in [0.2, 0.25) is 5.78 Å². The average molecular weight is 444 g/mol. The van der Waals surface area contributed by atoms with E-state index in [1.54, 1.807) is 13.0 Å². The maximum atomic E-state index is 12.6. The van der Waals surface area contributed by atoms with Gasteiger partial charge in [0, 0.05) is 28.0 Å². The van der Waals surface area contributed by atoms with E-state index in [4.69, 9.17) is 27.9 Å². The molecule has 2 heterocycles. The number of halogens is 2. The topological polar surface area (TPSA) is 82.4 Å². The van der Waals surface area contributed by atoms with Crippen LogP contribution in [0.25, 0.3) is 0 Å². The Bertz CT molecular complexity index is 1060. The molecule has 28 heavy (non-hydrogen) atoms. The van der Waals surface area contributed by atoms with Gasteiger partial charge in [0.05, 0.1) is 22.1 Å². The van der Waals surface area contributed by atoms with Gasteiger partial charge in [0.1, 0.15) is 0 Å². The van der Waals surface area contributed by atoms with E-state index in [2.05, 4.69) is 0 Å². The van der Waals surface area contributed by atoms with Gasteiger partial charge in [-0.3, -0.25) is 4.79 Å². The largest absolute Gasteiger partial charge is 0.454 e. The van der Waals surface area contributed by atoms with Gasteiger partial charge < -0.3 is 9.30 Å². The number of sulfone groups is 1. The summed E-state index contributed by atoms with van der Waals surface area (Å²) in [6.45, 7) is 3.16. The zero-order valence-corrected chi connectivity index (χ0v) is 17.7. The first-order valence-corrected chi connectivity index (χ1v) is 11.2. The lowest BCUT2D eigenvalue weighted by atomic mass is 10.1. The molecule has 1 aromatic heterocycles. The summed E-state index contributed by atoms with van der Waals surface area (Å²) in [6, 6.07) is 5.89. The molecule has 9 heteroatoms. The normalized spacial score (nSPS) is 18.2. The molecule has 1 saturated heterocycles. The van der Waals surface area contributed by atoms with Crippen molar-refractivity contribution in [3.63, 3.8) is 0 Å². The summed E-state index contributed by atoms with van der Waals surface area (Å²) in [6.07, 6.45) is 0.524. The lowest BCUT2D eigenvalue weighted by molar-refractivity contribution is 0.0474. The van der Waals surface area contributed by atoms with Gasteiger partial charge in [0.15, 0.2) is 16.4 Å². The molecule has 2 aromatic rings. The number of benzene rings is 1. The monoisotopic (exact) mass is 443 g/mol. The van der Waals surface area contributed by atoms with E-state index in [0.717, 1.165) is 5.69 Å². The first-order chi connectivity index (χ1) is 13.1. The van der Waals surface area contributed by atoms with Crippen molar-refractivity contribution in [2.24, 2.45) is 0 Å². The molecule has 0 spiro atoms. The molecule has 1 fully saturated rings. The highest BCUT2D eigenvalue weighted by atomic mass is 35.5. The van der Waals surface area contributed by atoms with Crippen LogP contribution in [-0.2, 0) is 14.6 Å². The summed E-state index contributed by atoms with van der Waals surface area (Å²) < 4.78 is 30.6. The van der Waals surface area contributed by atoms with Gasteiger partial charge in [-0.1, -0.05) is 23.2 Å². The molecule has 0 N–H and O–H groups in total. The van der Waals surface area contributed by atoms with Crippen LogP contribution in [0.3, 0.4) is 0 Å². The number of rotatable bonds is 5. The molecular formula is C19H19Cl2NO5S. The minimum Gasteiger partial charge on any atom is -0.454 e. The second kappa shape index (κ2) is 7.89. The van der Waals surface area contributed by atoms with Crippen molar-refractivity contribution >= 4 is 44.8 Å². The van der Waals surface area contributed by atoms with Crippen LogP contribution in [0.1, 0.15) is 44.6 Å². The number of ether oxygens (including phenoxy) is 1. The van der Waals surface area contributed by atoms with Crippen LogP contribution in [-0.4, -0.2) is 42.9 Å². The maximum absolute atomic E-state index is 12.6. The lowest BCUT2D eigenvalue weighted by Gasteiger charge is -2.16. The Morgan fingerprint density at radius 1 is 1.18 bits per heavy atom. The first kappa shape index (κ1) is 20.9. The fourth-order valence-corrected chi connectivity index (χ4v) is 5.73. The van der Waals surface area contributed by atoms with Crippen molar-refractivity contribution in [3.8, 4) is 0 Å². The van der Waals surface area contributed by atoms with E-state index in [1.807, 2.05) is 11.5 Å². The average Bonchev–Trinajstić information content (AvgIpc) is 3.10. The number of aryl methyl sites for hydroxylation is 1. The highest BCUT2D eigenvalue weighted by Gasteiger charge is 2.31. The van der Waals surface area contributed by atoms with Gasteiger partial charge in [-0.05, 0) is 44.5 Å². The van der Waals surface area contributed by atoms with E-state index >= 15 is 0 Å². The summed E-state index contributed by atoms with van der Waals surface area (Å²) in [5.74, 6) is -0.859. The molecule has 1 aliphatic heterocycles. The number of esters is 1. The molecular weight excluding hydrogens is 425 g/mol. The van der Waals surface area contributed by atoms with Gasteiger partial charge in [-0.25, -0.2) is 13.2 Å². The summed E-state index contributed by atoms with van der Waals surface area (Å²) in [5.41, 5.74) is 2.01. The Labute approximate surface area is 173 Å². The van der Waals surface area contributed by atoms with Gasteiger partial charge in [-0.2, -0.15) is 0 Å². The van der Waals surface area contributed by atoms with Crippen molar-refractivity contribution in [3.05, 3.63) is 56.8 Å². The lowest BCUT2D eigenvalue weighted by Crippen LogP contribution is -2.17. The summed E-state index contributed by atoms with van der Waals surface area (Å²) in [5, 5.41) is 0.532. The number of carbonyl (C=O) groups excluding carboxylic acids is 2. The van der Waals surface area contributed by atoms with E-state index in [1.165, 1.54) is 18.2 Å². The van der Waals surface area contributed by atoms with Gasteiger partial charge in [-0.15, -0.1) is 0 Å². The molecule has 150 valence electrons. The van der Waals surface area contributed by atoms with Crippen LogP contribution in [0, 0.1) is 13.8 Å². The Balaban J connectivity index is 1.73. The SMILES string of the molecule is Cc1cc(C(=O)COC(=O)c2ccc(Cl)cc2Cl)c(C)n1C1CCS(=O)(=O)C1. The van der Waals surface area contributed by atoms with E-state index < -0.39 is 22.4 Å². The van der Waals surface area contributed by atoms with Crippen molar-refractivity contribution in [1.29, 1.82) is 0 Å². The molecule has 1 atom stereocenters. The maximum Gasteiger partial charge on any atom is 0.340 e. The number of carbonyl (C=O) groups is 2. The van der Waals surface area contributed by atoms with Crippen molar-refractivity contribution < 1.29 is 22.7 Å². The zero-order chi connectivity index (χ0) is 20.6. The minimum atomic E-state index is -3.04. The summed E-state index contributed by atoms with van der Waals surface area (Å²) >= 11 is 11.8. The second-order valence-electron chi connectivity index (χ2n) is 6.84. The number of nitrogens with zero attached hydrogens (tertiary/aromatic N) is 1. The molecule has 0 amide bonds. The van der Waals surface area contributed by atoms with Crippen LogP contribution >= 0.6 is 23.2 Å². The third-order valence-corrected chi connectivity index (χ3v) is 7.14. The third kappa shape index (κ3) is 4.26. The molecule has 0 radical (unpaired) electrons. The number of hydrogen-bond acceptors (Lipinski definition) is 5. The number of ketones is 1. The van der Waals surface area contributed by atoms with Crippen LogP contribution < -0.4 is 0 Å². The molecule has 3 rings (SSSR count). The van der Waals surface area contributed by atoms with Crippen LogP contribution in [0.5, 0.6) is 0 Å². The third-order valence-electron chi connectivity index (χ3n) is 4.84. The van der Waals surface area contributed by atoms with Gasteiger partial charge >= 0.3 is 5.97 Å². The molecule has 0 saturated carbocycles. The van der Waals surface area contributed by atoms with Crippen molar-refractivity contribution in [1.82, 2.24) is 4.57 Å². The molecule has 6 nitrogen and oxygen atoms in total. The van der Waals surface area contributed by atoms with E-state index in [0.29, 0.717) is 22.7 Å². The fraction of sp³-hybridized carbons (Fsp3) is 0.368. The number of hydrogen-bond donors (Lipinski definition) is 0. The molecule has 1 aliphatic rings. The van der Waals surface area contributed by atoms with Crippen LogP contribution in [0.2, 0.25) is 10.0 Å². The van der Waals surface area contributed by atoms with Crippen molar-refractivity contribution in [2.45, 2.75) is 26.3 Å². The smallest absolute Gasteiger partial charge is 0.340 e. The quantitative estimate of drug-likeness (QED) is 0.518. The summed E-state index contributed by atoms with van der Waals surface area (Å²) in [7, 11) is -3.04. The number of Topliss-reactive ketones (excluding diaryl/α,β-unsaturated/α-hetero) is 1. The first-order valence-electron chi connectivity index (χ1n) is 8.63. The summed E-state index contributed by atoms with van der Waals surface area (Å²) in [4.78, 5) is 24.8. The Morgan fingerprint density at radius 3 is 2.50 bits per heavy atom. The molecule has 0 bridgehead atoms. The molecule has 1 unspecified atom stereocenters. The Kier molecular flexibility index (Phi) is 5.89. The Hall–Kier alpha value is -1.83. The molecule has 1 aromatic carbocycles. The van der Waals surface area contributed by atoms with E-state index in [9.17, 15) is 18.0 Å². The highest BCUT2D eigenvalue weighted by Crippen LogP contribution is 2.29. The number of aromatic nitrogens is 1. The second-order valence-corrected chi connectivity index (χ2v) is 9.91. The zero-order valence-electron chi connectivity index (χ0n) is 15.4. The van der Waals surface area contributed by atoms with Crippen molar-refractivity contribution in [2.75, 3.05) is 18.1 Å². The fourth-order valence-electron chi connectivity index (χ4n) is 3.54.